The number of carbonyl (C=O) groups is 1. The second-order valence-corrected chi connectivity index (χ2v) is 5.31. The van der Waals surface area contributed by atoms with E-state index in [4.69, 9.17) is 16.3 Å². The van der Waals surface area contributed by atoms with E-state index in [-0.39, 0.29) is 12.0 Å². The Bertz CT molecular complexity index is 434. The predicted molar refractivity (Wildman–Crippen MR) is 75.6 cm³/mol. The molecule has 0 N–H and O–H groups in total. The van der Waals surface area contributed by atoms with Gasteiger partial charge in [-0.1, -0.05) is 18.5 Å². The van der Waals surface area contributed by atoms with Crippen LogP contribution in [0, 0.1) is 0 Å². The molecule has 18 heavy (non-hydrogen) atoms. The fourth-order valence-corrected chi connectivity index (χ4v) is 3.11. The molecule has 0 radical (unpaired) electrons. The number of ether oxygens (including phenoxy) is 1. The summed E-state index contributed by atoms with van der Waals surface area (Å²) in [6, 6.07) is 1.82. The zero-order valence-corrected chi connectivity index (χ0v) is 12.3. The maximum atomic E-state index is 11.5. The van der Waals surface area contributed by atoms with Crippen molar-refractivity contribution >= 4 is 35.6 Å². The topological polar surface area (TPSA) is 41.9 Å². The molecule has 0 bridgehead atoms. The monoisotopic (exact) mass is 288 g/mol. The third kappa shape index (κ3) is 3.03. The van der Waals surface area contributed by atoms with E-state index in [0.717, 1.165) is 18.5 Å². The number of esters is 1. The summed E-state index contributed by atoms with van der Waals surface area (Å²) in [6.45, 7) is 8.34. The Morgan fingerprint density at radius 2 is 2.33 bits per heavy atom. The van der Waals surface area contributed by atoms with Gasteiger partial charge < -0.3 is 4.74 Å². The third-order valence-corrected chi connectivity index (χ3v) is 4.08. The van der Waals surface area contributed by atoms with E-state index in [0.29, 0.717) is 9.21 Å². The summed E-state index contributed by atoms with van der Waals surface area (Å²) in [6.07, 6.45) is 0.837. The highest BCUT2D eigenvalue weighted by Crippen LogP contribution is 2.36. The molecule has 1 rings (SSSR count). The first-order valence-corrected chi connectivity index (χ1v) is 6.89. The van der Waals surface area contributed by atoms with Gasteiger partial charge in [0.2, 0.25) is 0 Å². The number of thiophene rings is 1. The van der Waals surface area contributed by atoms with Crippen molar-refractivity contribution in [2.45, 2.75) is 26.3 Å². The first-order chi connectivity index (χ1) is 8.58. The largest absolute Gasteiger partial charge is 0.465 e. The molecule has 0 spiro atoms. The summed E-state index contributed by atoms with van der Waals surface area (Å²) >= 11 is 7.43. The number of hydrogen-bond donors (Lipinski definition) is 0. The molecule has 1 heterocycles. The standard InChI is InChI=1S/C12H17ClN2O2S/c1-5-9(15(6-2)14-3)8-7-10(12(16)17-4)18-11(8)13/h7,9H,3,5-6H2,1-2,4H3. The van der Waals surface area contributed by atoms with Gasteiger partial charge in [0.25, 0.3) is 0 Å². The molecule has 1 aromatic rings. The van der Waals surface area contributed by atoms with E-state index >= 15 is 0 Å². The molecule has 1 aromatic heterocycles. The zero-order valence-electron chi connectivity index (χ0n) is 10.8. The number of rotatable bonds is 6. The van der Waals surface area contributed by atoms with Crippen LogP contribution in [0.5, 0.6) is 0 Å². The van der Waals surface area contributed by atoms with Crippen LogP contribution in [0.2, 0.25) is 4.34 Å². The molecular weight excluding hydrogens is 272 g/mol. The summed E-state index contributed by atoms with van der Waals surface area (Å²) in [5.41, 5.74) is 0.902. The zero-order chi connectivity index (χ0) is 13.7. The maximum absolute atomic E-state index is 11.5. The fraction of sp³-hybridized carbons (Fsp3) is 0.500. The van der Waals surface area contributed by atoms with Crippen LogP contribution in [-0.4, -0.2) is 31.4 Å². The number of hydrazone groups is 1. The van der Waals surface area contributed by atoms with Crippen LogP contribution in [0.4, 0.5) is 0 Å². The van der Waals surface area contributed by atoms with Gasteiger partial charge in [-0.2, -0.15) is 5.10 Å². The predicted octanol–water partition coefficient (Wildman–Crippen LogP) is 3.58. The van der Waals surface area contributed by atoms with Crippen molar-refractivity contribution in [2.75, 3.05) is 13.7 Å². The highest BCUT2D eigenvalue weighted by molar-refractivity contribution is 7.18. The van der Waals surface area contributed by atoms with Gasteiger partial charge in [-0.25, -0.2) is 4.79 Å². The van der Waals surface area contributed by atoms with Crippen LogP contribution in [0.1, 0.15) is 41.5 Å². The van der Waals surface area contributed by atoms with Gasteiger partial charge in [0.05, 0.1) is 17.5 Å². The minimum Gasteiger partial charge on any atom is -0.465 e. The molecule has 0 aliphatic carbocycles. The van der Waals surface area contributed by atoms with Gasteiger partial charge in [0, 0.05) is 18.8 Å². The highest BCUT2D eigenvalue weighted by atomic mass is 35.5. The third-order valence-electron chi connectivity index (χ3n) is 2.71. The average Bonchev–Trinajstić information content (AvgIpc) is 2.76. The molecular formula is C12H17ClN2O2S. The van der Waals surface area contributed by atoms with Crippen molar-refractivity contribution in [2.24, 2.45) is 5.10 Å². The minimum absolute atomic E-state index is 0.0367. The summed E-state index contributed by atoms with van der Waals surface area (Å²) in [7, 11) is 1.36. The maximum Gasteiger partial charge on any atom is 0.348 e. The lowest BCUT2D eigenvalue weighted by molar-refractivity contribution is 0.0606. The van der Waals surface area contributed by atoms with Crippen LogP contribution >= 0.6 is 22.9 Å². The Labute approximate surface area is 116 Å². The Morgan fingerprint density at radius 3 is 2.78 bits per heavy atom. The lowest BCUT2D eigenvalue weighted by Gasteiger charge is -2.26. The SMILES string of the molecule is C=NN(CC)C(CC)c1cc(C(=O)OC)sc1Cl. The molecule has 0 amide bonds. The van der Waals surface area contributed by atoms with Gasteiger partial charge >= 0.3 is 5.97 Å². The molecule has 0 aliphatic heterocycles. The molecule has 0 saturated heterocycles. The molecule has 0 aliphatic rings. The van der Waals surface area contributed by atoms with Crippen LogP contribution < -0.4 is 0 Å². The van der Waals surface area contributed by atoms with Crippen LogP contribution in [0.15, 0.2) is 11.2 Å². The first-order valence-electron chi connectivity index (χ1n) is 5.69. The Hall–Kier alpha value is -1.07. The molecule has 0 saturated carbocycles. The Kier molecular flexibility index (Phi) is 5.62. The number of halogens is 1. The molecule has 6 heteroatoms. The van der Waals surface area contributed by atoms with E-state index in [1.165, 1.54) is 18.4 Å². The van der Waals surface area contributed by atoms with Crippen molar-refractivity contribution in [1.29, 1.82) is 0 Å². The van der Waals surface area contributed by atoms with Gasteiger partial charge in [0.1, 0.15) is 4.88 Å². The highest BCUT2D eigenvalue weighted by Gasteiger charge is 2.23. The summed E-state index contributed by atoms with van der Waals surface area (Å²) in [4.78, 5) is 12.0. The lowest BCUT2D eigenvalue weighted by Crippen LogP contribution is -2.22. The van der Waals surface area contributed by atoms with Crippen LogP contribution in [-0.2, 0) is 4.74 Å². The molecule has 1 atom stereocenters. The van der Waals surface area contributed by atoms with Gasteiger partial charge in [-0.05, 0) is 19.4 Å². The van der Waals surface area contributed by atoms with Crippen LogP contribution in [0.3, 0.4) is 0 Å². The second kappa shape index (κ2) is 6.75. The normalized spacial score (nSPS) is 12.0. The van der Waals surface area contributed by atoms with E-state index in [1.807, 2.05) is 18.9 Å². The lowest BCUT2D eigenvalue weighted by atomic mass is 10.1. The summed E-state index contributed by atoms with van der Waals surface area (Å²) < 4.78 is 5.30. The number of methoxy groups -OCH3 is 1. The summed E-state index contributed by atoms with van der Waals surface area (Å²) in [5, 5.41) is 5.84. The van der Waals surface area contributed by atoms with Crippen molar-refractivity contribution in [3.8, 4) is 0 Å². The van der Waals surface area contributed by atoms with E-state index in [9.17, 15) is 4.79 Å². The van der Waals surface area contributed by atoms with Crippen LogP contribution in [0.25, 0.3) is 0 Å². The molecule has 0 fully saturated rings. The molecule has 1 unspecified atom stereocenters. The van der Waals surface area contributed by atoms with Gasteiger partial charge in [0.15, 0.2) is 0 Å². The van der Waals surface area contributed by atoms with E-state index in [1.54, 1.807) is 6.07 Å². The fourth-order valence-electron chi connectivity index (χ4n) is 1.82. The van der Waals surface area contributed by atoms with Crippen molar-refractivity contribution in [3.05, 3.63) is 20.8 Å². The molecule has 0 aromatic carbocycles. The van der Waals surface area contributed by atoms with Crippen molar-refractivity contribution in [1.82, 2.24) is 5.01 Å². The van der Waals surface area contributed by atoms with Gasteiger partial charge in [-0.15, -0.1) is 11.3 Å². The smallest absolute Gasteiger partial charge is 0.348 e. The van der Waals surface area contributed by atoms with E-state index in [2.05, 4.69) is 11.8 Å². The Morgan fingerprint density at radius 1 is 1.67 bits per heavy atom. The van der Waals surface area contributed by atoms with Crippen molar-refractivity contribution < 1.29 is 9.53 Å². The number of nitrogens with zero attached hydrogens (tertiary/aromatic N) is 2. The average molecular weight is 289 g/mol. The quantitative estimate of drug-likeness (QED) is 0.456. The number of carbonyl (C=O) groups excluding carboxylic acids is 1. The second-order valence-electron chi connectivity index (χ2n) is 3.65. The minimum atomic E-state index is -0.363. The first kappa shape index (κ1) is 15.0. The van der Waals surface area contributed by atoms with Gasteiger partial charge in [-0.3, -0.25) is 5.01 Å². The van der Waals surface area contributed by atoms with E-state index < -0.39 is 0 Å². The summed E-state index contributed by atoms with van der Waals surface area (Å²) in [5.74, 6) is -0.363. The Balaban J connectivity index is 3.10. The number of hydrogen-bond acceptors (Lipinski definition) is 5. The molecule has 4 nitrogen and oxygen atoms in total. The molecule has 100 valence electrons. The van der Waals surface area contributed by atoms with Crippen molar-refractivity contribution in [3.63, 3.8) is 0 Å².